The number of Topliss-reactive ketones (excluding diaryl/α,β-unsaturated/α-hetero) is 1. The summed E-state index contributed by atoms with van der Waals surface area (Å²) in [6.07, 6.45) is 1.04. The molecule has 3 N–H and O–H groups in total. The molecule has 0 radical (unpaired) electrons. The third-order valence-electron chi connectivity index (χ3n) is 1.55. The Kier molecular flexibility index (Phi) is 4.72. The molecular weight excluding hydrogens is 210 g/mol. The van der Waals surface area contributed by atoms with E-state index in [1.165, 1.54) is 0 Å². The highest BCUT2D eigenvalue weighted by atomic mass is 32.2. The van der Waals surface area contributed by atoms with Crippen molar-refractivity contribution in [2.45, 2.75) is 18.9 Å². The molecule has 1 unspecified atom stereocenters. The van der Waals surface area contributed by atoms with Crippen LogP contribution < -0.4 is 5.73 Å². The monoisotopic (exact) mass is 223 g/mol. The van der Waals surface area contributed by atoms with E-state index in [4.69, 9.17) is 10.8 Å². The van der Waals surface area contributed by atoms with Crippen LogP contribution in [0, 0.1) is 0 Å². The summed E-state index contributed by atoms with van der Waals surface area (Å²) >= 11 is 0. The van der Waals surface area contributed by atoms with E-state index in [1.54, 1.807) is 0 Å². The maximum Gasteiger partial charge on any atom is 0.328 e. The fraction of sp³-hybridized carbons (Fsp3) is 0.714. The largest absolute Gasteiger partial charge is 0.480 e. The van der Waals surface area contributed by atoms with Crippen LogP contribution in [-0.2, 0) is 19.4 Å². The van der Waals surface area contributed by atoms with E-state index in [0.717, 1.165) is 6.26 Å². The first kappa shape index (κ1) is 13.1. The van der Waals surface area contributed by atoms with Crippen LogP contribution in [0.4, 0.5) is 0 Å². The number of carbonyl (C=O) groups is 2. The third kappa shape index (κ3) is 5.65. The van der Waals surface area contributed by atoms with Crippen LogP contribution in [0.25, 0.3) is 0 Å². The minimum atomic E-state index is -3.11. The second-order valence-corrected chi connectivity index (χ2v) is 5.28. The molecule has 7 heteroatoms. The quantitative estimate of drug-likeness (QED) is 0.546. The summed E-state index contributed by atoms with van der Waals surface area (Å²) < 4.78 is 21.3. The van der Waals surface area contributed by atoms with Crippen molar-refractivity contribution in [3.05, 3.63) is 0 Å². The lowest BCUT2D eigenvalue weighted by molar-refractivity contribution is -0.142. The molecule has 0 aromatic rings. The number of carbonyl (C=O) groups excluding carboxylic acids is 1. The van der Waals surface area contributed by atoms with E-state index in [2.05, 4.69) is 0 Å². The van der Waals surface area contributed by atoms with Crippen molar-refractivity contribution in [3.8, 4) is 0 Å². The van der Waals surface area contributed by atoms with E-state index < -0.39 is 27.6 Å². The summed E-state index contributed by atoms with van der Waals surface area (Å²) in [6.45, 7) is 0. The Morgan fingerprint density at radius 3 is 2.29 bits per heavy atom. The molecule has 82 valence electrons. The molecule has 0 spiro atoms. The van der Waals surface area contributed by atoms with E-state index in [-0.39, 0.29) is 18.6 Å². The van der Waals surface area contributed by atoms with E-state index in [1.807, 2.05) is 0 Å². The molecule has 0 bridgehead atoms. The molecule has 6 nitrogen and oxygen atoms in total. The molecule has 0 saturated carbocycles. The summed E-state index contributed by atoms with van der Waals surface area (Å²) in [6, 6.07) is -1.55. The Labute approximate surface area is 82.0 Å². The molecule has 14 heavy (non-hydrogen) atoms. The fourth-order valence-electron chi connectivity index (χ4n) is 0.802. The first-order chi connectivity index (χ1) is 6.24. The Morgan fingerprint density at radius 1 is 1.43 bits per heavy atom. The number of ketones is 1. The lowest BCUT2D eigenvalue weighted by atomic mass is 10.1. The molecule has 0 rings (SSSR count). The highest BCUT2D eigenvalue weighted by Gasteiger charge is 2.20. The van der Waals surface area contributed by atoms with Gasteiger partial charge in [0.15, 0.2) is 11.8 Å². The van der Waals surface area contributed by atoms with Gasteiger partial charge in [0.2, 0.25) is 0 Å². The second kappa shape index (κ2) is 5.06. The number of sulfone groups is 1. The molecule has 1 atom stereocenters. The normalized spacial score (nSPS) is 13.6. The predicted molar refractivity (Wildman–Crippen MR) is 49.6 cm³/mol. The highest BCUT2D eigenvalue weighted by molar-refractivity contribution is 7.90. The predicted octanol–water partition coefficient (Wildman–Crippen LogP) is -1.21. The van der Waals surface area contributed by atoms with Crippen LogP contribution in [0.1, 0.15) is 12.8 Å². The Bertz CT molecular complexity index is 321. The molecule has 0 aliphatic rings. The van der Waals surface area contributed by atoms with Crippen molar-refractivity contribution < 1.29 is 23.1 Å². The zero-order chi connectivity index (χ0) is 11.4. The van der Waals surface area contributed by atoms with Crippen molar-refractivity contribution in [2.24, 2.45) is 5.73 Å². The van der Waals surface area contributed by atoms with Gasteiger partial charge in [0.05, 0.1) is 5.75 Å². The van der Waals surface area contributed by atoms with Crippen molar-refractivity contribution in [2.75, 3.05) is 12.0 Å². The summed E-state index contributed by atoms with van der Waals surface area (Å²) in [5, 5.41) is 8.35. The number of hydrogen-bond donors (Lipinski definition) is 2. The van der Waals surface area contributed by atoms with Crippen molar-refractivity contribution in [1.29, 1.82) is 0 Å². The van der Waals surface area contributed by atoms with Gasteiger partial charge < -0.3 is 10.8 Å². The standard InChI is InChI=1S/C7H13NO5S/c1-14(12,13)4-2-3-5(9)6(8)7(10)11/h6H,2-4,8H2,1H3,(H,10,11). The van der Waals surface area contributed by atoms with Gasteiger partial charge in [0.25, 0.3) is 0 Å². The topological polar surface area (TPSA) is 115 Å². The van der Waals surface area contributed by atoms with E-state index >= 15 is 0 Å². The first-order valence-electron chi connectivity index (χ1n) is 3.93. The van der Waals surface area contributed by atoms with Crippen LogP contribution in [0.5, 0.6) is 0 Å². The maximum atomic E-state index is 11.0. The molecule has 0 aromatic heterocycles. The van der Waals surface area contributed by atoms with Gasteiger partial charge in [0.1, 0.15) is 9.84 Å². The maximum absolute atomic E-state index is 11.0. The zero-order valence-corrected chi connectivity index (χ0v) is 8.58. The van der Waals surface area contributed by atoms with Gasteiger partial charge in [-0.3, -0.25) is 9.59 Å². The highest BCUT2D eigenvalue weighted by Crippen LogP contribution is 1.98. The van der Waals surface area contributed by atoms with Crippen molar-refractivity contribution in [1.82, 2.24) is 0 Å². The van der Waals surface area contributed by atoms with Gasteiger partial charge in [-0.2, -0.15) is 0 Å². The number of rotatable bonds is 6. The SMILES string of the molecule is CS(=O)(=O)CCCC(=O)C(N)C(=O)O. The molecule has 0 fully saturated rings. The van der Waals surface area contributed by atoms with Crippen LogP contribution in [0.15, 0.2) is 0 Å². The molecule has 0 heterocycles. The summed E-state index contributed by atoms with van der Waals surface area (Å²) in [5.41, 5.74) is 5.01. The number of carboxylic acids is 1. The molecule has 0 aromatic carbocycles. The molecule has 0 aliphatic carbocycles. The van der Waals surface area contributed by atoms with Gasteiger partial charge in [0, 0.05) is 12.7 Å². The van der Waals surface area contributed by atoms with Gasteiger partial charge in [-0.25, -0.2) is 8.42 Å². The number of hydrogen-bond acceptors (Lipinski definition) is 5. The zero-order valence-electron chi connectivity index (χ0n) is 7.76. The summed E-state index contributed by atoms with van der Waals surface area (Å²) in [7, 11) is -3.11. The fourth-order valence-corrected chi connectivity index (χ4v) is 1.47. The number of nitrogens with two attached hydrogens (primary N) is 1. The Morgan fingerprint density at radius 2 is 1.93 bits per heavy atom. The van der Waals surface area contributed by atoms with Crippen molar-refractivity contribution >= 4 is 21.6 Å². The Balaban J connectivity index is 3.93. The van der Waals surface area contributed by atoms with Gasteiger partial charge in [-0.05, 0) is 6.42 Å². The average molecular weight is 223 g/mol. The van der Waals surface area contributed by atoms with E-state index in [9.17, 15) is 18.0 Å². The van der Waals surface area contributed by atoms with Gasteiger partial charge in [-0.15, -0.1) is 0 Å². The third-order valence-corrected chi connectivity index (χ3v) is 2.58. The van der Waals surface area contributed by atoms with Crippen molar-refractivity contribution in [3.63, 3.8) is 0 Å². The Hall–Kier alpha value is -0.950. The number of carboxylic acid groups (broad SMARTS) is 1. The minimum absolute atomic E-state index is 0.110. The number of aliphatic carboxylic acids is 1. The van der Waals surface area contributed by atoms with Crippen LogP contribution in [-0.4, -0.2) is 43.3 Å². The van der Waals surface area contributed by atoms with Crippen LogP contribution in [0.3, 0.4) is 0 Å². The van der Waals surface area contributed by atoms with Gasteiger partial charge >= 0.3 is 5.97 Å². The molecule has 0 aliphatic heterocycles. The molecular formula is C7H13NO5S. The van der Waals surface area contributed by atoms with Crippen LogP contribution in [0.2, 0.25) is 0 Å². The van der Waals surface area contributed by atoms with E-state index in [0.29, 0.717) is 0 Å². The lowest BCUT2D eigenvalue weighted by Gasteiger charge is -2.04. The van der Waals surface area contributed by atoms with Crippen LogP contribution >= 0.6 is 0 Å². The summed E-state index contributed by atoms with van der Waals surface area (Å²) in [4.78, 5) is 21.2. The second-order valence-electron chi connectivity index (χ2n) is 3.02. The molecule has 0 amide bonds. The van der Waals surface area contributed by atoms with Gasteiger partial charge in [-0.1, -0.05) is 0 Å². The average Bonchev–Trinajstić information content (AvgIpc) is 2.00. The lowest BCUT2D eigenvalue weighted by Crippen LogP contribution is -2.38. The molecule has 0 saturated heterocycles. The summed E-state index contributed by atoms with van der Waals surface area (Å²) in [5.74, 6) is -2.18. The smallest absolute Gasteiger partial charge is 0.328 e. The first-order valence-corrected chi connectivity index (χ1v) is 5.99. The minimum Gasteiger partial charge on any atom is -0.480 e.